The molecule has 1 aliphatic carbocycles. The Morgan fingerprint density at radius 1 is 1.23 bits per heavy atom. The number of piperazine rings is 1. The Kier molecular flexibility index (Phi) is 6.42. The summed E-state index contributed by atoms with van der Waals surface area (Å²) in [6.45, 7) is -0.0778. The Labute approximate surface area is 187 Å². The zero-order valence-electron chi connectivity index (χ0n) is 17.1. The van der Waals surface area contributed by atoms with E-state index in [0.29, 0.717) is 22.3 Å². The van der Waals surface area contributed by atoms with Crippen LogP contribution in [0.1, 0.15) is 32.1 Å². The molecular weight excluding hydrogens is 438 g/mol. The van der Waals surface area contributed by atoms with Gasteiger partial charge in [0, 0.05) is 5.69 Å². The van der Waals surface area contributed by atoms with Gasteiger partial charge in [-0.05, 0) is 37.1 Å². The molecule has 1 aliphatic heterocycles. The molecule has 164 valence electrons. The molecule has 1 saturated carbocycles. The van der Waals surface area contributed by atoms with Crippen LogP contribution >= 0.6 is 23.1 Å². The van der Waals surface area contributed by atoms with Gasteiger partial charge in [0.1, 0.15) is 17.8 Å². The highest BCUT2D eigenvalue weighted by Gasteiger charge is 2.50. The van der Waals surface area contributed by atoms with Gasteiger partial charge >= 0.3 is 0 Å². The lowest BCUT2D eigenvalue weighted by molar-refractivity contribution is -0.158. The van der Waals surface area contributed by atoms with Gasteiger partial charge in [0.15, 0.2) is 4.34 Å². The minimum absolute atomic E-state index is 0.0778. The molecule has 2 heterocycles. The average Bonchev–Trinajstić information content (AvgIpc) is 3.23. The summed E-state index contributed by atoms with van der Waals surface area (Å²) in [6, 6.07) is 7.43. The van der Waals surface area contributed by atoms with E-state index in [-0.39, 0.29) is 24.1 Å². The van der Waals surface area contributed by atoms with Gasteiger partial charge in [0.2, 0.25) is 16.9 Å². The third kappa shape index (κ3) is 4.67. The molecule has 2 aromatic rings. The lowest BCUT2D eigenvalue weighted by atomic mass is 9.78. The average molecular weight is 462 g/mol. The van der Waals surface area contributed by atoms with Crippen molar-refractivity contribution in [3.8, 4) is 5.75 Å². The minimum atomic E-state index is -0.897. The quantitative estimate of drug-likeness (QED) is 0.498. The van der Waals surface area contributed by atoms with Crippen molar-refractivity contribution in [3.63, 3.8) is 0 Å². The van der Waals surface area contributed by atoms with Gasteiger partial charge in [-0.1, -0.05) is 42.4 Å². The van der Waals surface area contributed by atoms with Crippen molar-refractivity contribution < 1.29 is 19.1 Å². The number of thioether (sulfide) groups is 1. The minimum Gasteiger partial charge on any atom is -0.497 e. The van der Waals surface area contributed by atoms with E-state index in [1.165, 1.54) is 28.0 Å². The molecule has 3 amide bonds. The van der Waals surface area contributed by atoms with Crippen molar-refractivity contribution in [3.05, 3.63) is 24.3 Å². The number of nitrogens with zero attached hydrogens (tertiary/aromatic N) is 3. The van der Waals surface area contributed by atoms with Crippen LogP contribution in [-0.2, 0) is 14.4 Å². The Bertz CT molecular complexity index is 972. The van der Waals surface area contributed by atoms with E-state index in [9.17, 15) is 14.4 Å². The van der Waals surface area contributed by atoms with E-state index in [1.54, 1.807) is 7.11 Å². The van der Waals surface area contributed by atoms with Crippen LogP contribution < -0.4 is 15.4 Å². The monoisotopic (exact) mass is 461 g/mol. The fourth-order valence-electron chi connectivity index (χ4n) is 3.98. The number of nitrogens with one attached hydrogen (secondary N) is 2. The van der Waals surface area contributed by atoms with Crippen LogP contribution in [0.3, 0.4) is 0 Å². The Balaban J connectivity index is 1.38. The Morgan fingerprint density at radius 2 is 1.97 bits per heavy atom. The summed E-state index contributed by atoms with van der Waals surface area (Å²) < 4.78 is 5.78. The number of carbonyl (C=O) groups excluding carboxylic acids is 3. The number of carbonyl (C=O) groups is 3. The molecule has 1 aromatic carbocycles. The lowest BCUT2D eigenvalue weighted by Gasteiger charge is -2.47. The van der Waals surface area contributed by atoms with Gasteiger partial charge in [0.25, 0.3) is 5.91 Å². The second kappa shape index (κ2) is 9.23. The summed E-state index contributed by atoms with van der Waals surface area (Å²) in [4.78, 5) is 39.0. The van der Waals surface area contributed by atoms with E-state index < -0.39 is 11.4 Å². The predicted octanol–water partition coefficient (Wildman–Crippen LogP) is 2.57. The second-order valence-electron chi connectivity index (χ2n) is 7.46. The summed E-state index contributed by atoms with van der Waals surface area (Å²) in [6.07, 6.45) is 3.97. The van der Waals surface area contributed by atoms with Gasteiger partial charge < -0.3 is 15.0 Å². The number of rotatable bonds is 6. The molecule has 0 unspecified atom stereocenters. The van der Waals surface area contributed by atoms with Crippen molar-refractivity contribution in [2.45, 2.75) is 42.0 Å². The number of aromatic nitrogens is 2. The number of hydrogen-bond acceptors (Lipinski definition) is 9. The number of imide groups is 1. The number of anilines is 2. The molecule has 0 bridgehead atoms. The maximum Gasteiger partial charge on any atom is 0.252 e. The van der Waals surface area contributed by atoms with E-state index in [4.69, 9.17) is 4.74 Å². The molecule has 2 N–H and O–H groups in total. The first-order valence-electron chi connectivity index (χ1n) is 10.0. The van der Waals surface area contributed by atoms with Gasteiger partial charge in [-0.3, -0.25) is 19.7 Å². The molecule has 0 atom stereocenters. The predicted molar refractivity (Wildman–Crippen MR) is 118 cm³/mol. The molecule has 1 aromatic heterocycles. The summed E-state index contributed by atoms with van der Waals surface area (Å²) in [7, 11) is 1.61. The van der Waals surface area contributed by atoms with Crippen molar-refractivity contribution >= 4 is 51.6 Å². The van der Waals surface area contributed by atoms with E-state index in [1.807, 2.05) is 24.3 Å². The van der Waals surface area contributed by atoms with Crippen LogP contribution in [0.2, 0.25) is 0 Å². The van der Waals surface area contributed by atoms with E-state index in [0.717, 1.165) is 30.7 Å². The standard InChI is InChI=1S/C20H23N5O4S2/c1-29-14-7-5-13(6-8-14)21-18-23-24-19(31-18)30-12-16(27)25-11-15(26)22-17(28)20(25)9-3-2-4-10-20/h5-8H,2-4,9-12H2,1H3,(H,21,23)(H,22,26,28). The van der Waals surface area contributed by atoms with E-state index in [2.05, 4.69) is 20.8 Å². The molecule has 0 radical (unpaired) electrons. The SMILES string of the molecule is COc1ccc(Nc2nnc(SCC(=O)N3CC(=O)NC(=O)C34CCCCC4)s2)cc1. The first-order chi connectivity index (χ1) is 15.0. The van der Waals surface area contributed by atoms with Gasteiger partial charge in [-0.2, -0.15) is 0 Å². The van der Waals surface area contributed by atoms with Gasteiger partial charge in [-0.25, -0.2) is 0 Å². The molecule has 31 heavy (non-hydrogen) atoms. The highest BCUT2D eigenvalue weighted by molar-refractivity contribution is 8.01. The molecule has 2 fully saturated rings. The topological polar surface area (TPSA) is 114 Å². The summed E-state index contributed by atoms with van der Waals surface area (Å²) >= 11 is 2.60. The van der Waals surface area contributed by atoms with Crippen LogP contribution in [0.25, 0.3) is 0 Å². The zero-order valence-corrected chi connectivity index (χ0v) is 18.7. The van der Waals surface area contributed by atoms with Crippen LogP contribution in [0, 0.1) is 0 Å². The molecule has 2 aliphatic rings. The molecule has 4 rings (SSSR count). The van der Waals surface area contributed by atoms with Crippen molar-refractivity contribution in [1.82, 2.24) is 20.4 Å². The van der Waals surface area contributed by atoms with Crippen LogP contribution in [-0.4, -0.2) is 57.8 Å². The largest absolute Gasteiger partial charge is 0.497 e. The van der Waals surface area contributed by atoms with Crippen molar-refractivity contribution in [2.24, 2.45) is 0 Å². The number of hydrogen-bond donors (Lipinski definition) is 2. The fourth-order valence-corrected chi connectivity index (χ4v) is 5.63. The van der Waals surface area contributed by atoms with Crippen LogP contribution in [0.15, 0.2) is 28.6 Å². The van der Waals surface area contributed by atoms with Crippen LogP contribution in [0.4, 0.5) is 10.8 Å². The fraction of sp³-hybridized carbons (Fsp3) is 0.450. The third-order valence-corrected chi connectivity index (χ3v) is 7.50. The number of amides is 3. The maximum atomic E-state index is 13.0. The summed E-state index contributed by atoms with van der Waals surface area (Å²) in [5, 5.41) is 14.4. The summed E-state index contributed by atoms with van der Waals surface area (Å²) in [5.41, 5.74) is -0.0481. The molecule has 9 nitrogen and oxygen atoms in total. The molecule has 1 saturated heterocycles. The molecular formula is C20H23N5O4S2. The Morgan fingerprint density at radius 3 is 2.68 bits per heavy atom. The van der Waals surface area contributed by atoms with Crippen molar-refractivity contribution in [2.75, 3.05) is 24.7 Å². The smallest absolute Gasteiger partial charge is 0.252 e. The Hall–Kier alpha value is -2.66. The highest BCUT2D eigenvalue weighted by atomic mass is 32.2. The molecule has 11 heteroatoms. The second-order valence-corrected chi connectivity index (χ2v) is 9.66. The zero-order chi connectivity index (χ0) is 21.8. The molecule has 1 spiro atoms. The number of benzene rings is 1. The highest BCUT2D eigenvalue weighted by Crippen LogP contribution is 2.36. The number of methoxy groups -OCH3 is 1. The maximum absolute atomic E-state index is 13.0. The third-order valence-electron chi connectivity index (χ3n) is 5.54. The van der Waals surface area contributed by atoms with Crippen LogP contribution in [0.5, 0.6) is 5.75 Å². The lowest BCUT2D eigenvalue weighted by Crippen LogP contribution is -2.69. The first kappa shape index (κ1) is 21.6. The number of ether oxygens (including phenoxy) is 1. The van der Waals surface area contributed by atoms with Crippen molar-refractivity contribution in [1.29, 1.82) is 0 Å². The summed E-state index contributed by atoms with van der Waals surface area (Å²) in [5.74, 6) is -0.141. The normalized spacial score (nSPS) is 18.0. The van der Waals surface area contributed by atoms with Gasteiger partial charge in [-0.15, -0.1) is 10.2 Å². The van der Waals surface area contributed by atoms with E-state index >= 15 is 0 Å². The van der Waals surface area contributed by atoms with Gasteiger partial charge in [0.05, 0.1) is 12.9 Å². The first-order valence-corrected chi connectivity index (χ1v) is 11.8.